The highest BCUT2D eigenvalue weighted by atomic mass is 15.2. The number of rotatable bonds is 2. The van der Waals surface area contributed by atoms with Crippen LogP contribution >= 0.6 is 0 Å². The molecule has 2 aromatic rings. The zero-order valence-corrected chi connectivity index (χ0v) is 10.2. The lowest BCUT2D eigenvalue weighted by Gasteiger charge is -2.04. The Morgan fingerprint density at radius 2 is 1.75 bits per heavy atom. The van der Waals surface area contributed by atoms with Crippen LogP contribution in [0, 0.1) is 13.8 Å². The lowest BCUT2D eigenvalue weighted by Crippen LogP contribution is -1.91. The summed E-state index contributed by atoms with van der Waals surface area (Å²) in [4.78, 5) is 4.54. The summed E-state index contributed by atoms with van der Waals surface area (Å²) in [7, 11) is 0. The maximum atomic E-state index is 4.54. The quantitative estimate of drug-likeness (QED) is 0.835. The normalized spacial score (nSPS) is 11.1. The Bertz CT molecular complexity index is 477. The van der Waals surface area contributed by atoms with Crippen molar-refractivity contribution in [1.82, 2.24) is 15.2 Å². The molecule has 0 atom stereocenters. The summed E-state index contributed by atoms with van der Waals surface area (Å²) < 4.78 is 0. The number of aryl methyl sites for hydroxylation is 2. The van der Waals surface area contributed by atoms with Crippen LogP contribution in [0.4, 0.5) is 0 Å². The van der Waals surface area contributed by atoms with E-state index in [1.807, 2.05) is 0 Å². The van der Waals surface area contributed by atoms with E-state index >= 15 is 0 Å². The fraction of sp³-hybridized carbons (Fsp3) is 0.385. The number of nitrogens with one attached hydrogen (secondary N) is 1. The number of benzene rings is 1. The van der Waals surface area contributed by atoms with Gasteiger partial charge in [0.1, 0.15) is 5.82 Å². The van der Waals surface area contributed by atoms with Gasteiger partial charge in [-0.05, 0) is 25.0 Å². The second-order valence-corrected chi connectivity index (χ2v) is 4.47. The maximum Gasteiger partial charge on any atom is 0.181 e. The summed E-state index contributed by atoms with van der Waals surface area (Å²) in [6.07, 6.45) is 0. The number of aromatic amines is 1. The third-order valence-corrected chi connectivity index (χ3v) is 2.75. The Balaban J connectivity index is 2.50. The molecular weight excluding hydrogens is 198 g/mol. The van der Waals surface area contributed by atoms with Gasteiger partial charge in [0.2, 0.25) is 0 Å². The van der Waals surface area contributed by atoms with Gasteiger partial charge in [0.05, 0.1) is 0 Å². The zero-order valence-electron chi connectivity index (χ0n) is 10.2. The molecule has 1 N–H and O–H groups in total. The Kier molecular flexibility index (Phi) is 2.77. The molecule has 0 unspecified atom stereocenters. The van der Waals surface area contributed by atoms with Crippen molar-refractivity contribution < 1.29 is 0 Å². The third-order valence-electron chi connectivity index (χ3n) is 2.75. The van der Waals surface area contributed by atoms with Crippen molar-refractivity contribution in [1.29, 1.82) is 0 Å². The first-order chi connectivity index (χ1) is 7.59. The monoisotopic (exact) mass is 215 g/mol. The zero-order chi connectivity index (χ0) is 11.7. The molecule has 0 amide bonds. The van der Waals surface area contributed by atoms with Crippen molar-refractivity contribution in [2.75, 3.05) is 0 Å². The summed E-state index contributed by atoms with van der Waals surface area (Å²) in [6.45, 7) is 8.39. The van der Waals surface area contributed by atoms with Crippen LogP contribution in [0.15, 0.2) is 18.2 Å². The topological polar surface area (TPSA) is 41.6 Å². The average Bonchev–Trinajstić information content (AvgIpc) is 2.66. The summed E-state index contributed by atoms with van der Waals surface area (Å²) in [5.74, 6) is 2.13. The molecule has 16 heavy (non-hydrogen) atoms. The molecule has 0 saturated heterocycles. The van der Waals surface area contributed by atoms with E-state index in [9.17, 15) is 0 Å². The second kappa shape index (κ2) is 4.08. The summed E-state index contributed by atoms with van der Waals surface area (Å²) in [5, 5.41) is 7.29. The number of aromatic nitrogens is 3. The minimum absolute atomic E-state index is 0.380. The molecule has 1 aromatic heterocycles. The van der Waals surface area contributed by atoms with E-state index in [0.29, 0.717) is 5.92 Å². The van der Waals surface area contributed by atoms with Crippen molar-refractivity contribution in [3.05, 3.63) is 35.2 Å². The van der Waals surface area contributed by atoms with E-state index in [4.69, 9.17) is 0 Å². The predicted octanol–water partition coefficient (Wildman–Crippen LogP) is 3.21. The smallest absolute Gasteiger partial charge is 0.181 e. The molecule has 3 nitrogen and oxygen atoms in total. The standard InChI is InChI=1S/C13H17N3/c1-8(2)12-14-13(16-15-12)11-9(3)6-5-7-10(11)4/h5-8H,1-4H3,(H,14,15,16). The highest BCUT2D eigenvalue weighted by molar-refractivity contribution is 5.64. The van der Waals surface area contributed by atoms with Gasteiger partial charge in [0, 0.05) is 11.5 Å². The van der Waals surface area contributed by atoms with Gasteiger partial charge < -0.3 is 0 Å². The molecule has 0 aliphatic heterocycles. The molecule has 3 heteroatoms. The first kappa shape index (κ1) is 10.9. The van der Waals surface area contributed by atoms with E-state index in [2.05, 4.69) is 61.1 Å². The maximum absolute atomic E-state index is 4.54. The third kappa shape index (κ3) is 1.85. The molecule has 0 saturated carbocycles. The Labute approximate surface area is 95.9 Å². The van der Waals surface area contributed by atoms with Crippen LogP contribution in [0.25, 0.3) is 11.4 Å². The number of H-pyrrole nitrogens is 1. The van der Waals surface area contributed by atoms with Crippen molar-refractivity contribution in [2.24, 2.45) is 0 Å². The fourth-order valence-corrected chi connectivity index (χ4v) is 1.81. The van der Waals surface area contributed by atoms with Gasteiger partial charge >= 0.3 is 0 Å². The van der Waals surface area contributed by atoms with Gasteiger partial charge in [-0.1, -0.05) is 32.0 Å². The van der Waals surface area contributed by atoms with Gasteiger partial charge in [-0.2, -0.15) is 5.10 Å². The van der Waals surface area contributed by atoms with Gasteiger partial charge in [-0.25, -0.2) is 4.98 Å². The molecule has 2 rings (SSSR count). The molecule has 0 spiro atoms. The van der Waals surface area contributed by atoms with Crippen LogP contribution in [0.5, 0.6) is 0 Å². The lowest BCUT2D eigenvalue weighted by molar-refractivity contribution is 0.781. The molecule has 0 aliphatic carbocycles. The summed E-state index contributed by atoms with van der Waals surface area (Å²) in [5.41, 5.74) is 3.58. The first-order valence-corrected chi connectivity index (χ1v) is 5.58. The number of hydrogen-bond donors (Lipinski definition) is 1. The fourth-order valence-electron chi connectivity index (χ4n) is 1.81. The van der Waals surface area contributed by atoms with Crippen molar-refractivity contribution >= 4 is 0 Å². The first-order valence-electron chi connectivity index (χ1n) is 5.58. The Morgan fingerprint density at radius 3 is 2.25 bits per heavy atom. The molecule has 0 fully saturated rings. The van der Waals surface area contributed by atoms with Crippen LogP contribution in [-0.2, 0) is 0 Å². The Morgan fingerprint density at radius 1 is 1.12 bits per heavy atom. The second-order valence-electron chi connectivity index (χ2n) is 4.47. The molecule has 1 heterocycles. The SMILES string of the molecule is Cc1cccc(C)c1-c1n[nH]c(C(C)C)n1. The molecule has 84 valence electrons. The van der Waals surface area contributed by atoms with Crippen LogP contribution in [0.3, 0.4) is 0 Å². The highest BCUT2D eigenvalue weighted by Crippen LogP contribution is 2.24. The predicted molar refractivity (Wildman–Crippen MR) is 65.4 cm³/mol. The molecule has 1 aromatic carbocycles. The van der Waals surface area contributed by atoms with Crippen molar-refractivity contribution in [3.63, 3.8) is 0 Å². The lowest BCUT2D eigenvalue weighted by atomic mass is 10.0. The minimum Gasteiger partial charge on any atom is -0.262 e. The largest absolute Gasteiger partial charge is 0.262 e. The minimum atomic E-state index is 0.380. The van der Waals surface area contributed by atoms with E-state index in [1.54, 1.807) is 0 Å². The van der Waals surface area contributed by atoms with Gasteiger partial charge in [0.15, 0.2) is 5.82 Å². The van der Waals surface area contributed by atoms with Crippen LogP contribution in [-0.4, -0.2) is 15.2 Å². The van der Waals surface area contributed by atoms with Crippen LogP contribution < -0.4 is 0 Å². The van der Waals surface area contributed by atoms with Gasteiger partial charge in [0.25, 0.3) is 0 Å². The van der Waals surface area contributed by atoms with Crippen molar-refractivity contribution in [3.8, 4) is 11.4 Å². The summed E-state index contributed by atoms with van der Waals surface area (Å²) >= 11 is 0. The summed E-state index contributed by atoms with van der Waals surface area (Å²) in [6, 6.07) is 6.24. The molecule has 0 aliphatic rings. The van der Waals surface area contributed by atoms with Crippen LogP contribution in [0.1, 0.15) is 36.7 Å². The van der Waals surface area contributed by atoms with Crippen LogP contribution in [0.2, 0.25) is 0 Å². The highest BCUT2D eigenvalue weighted by Gasteiger charge is 2.12. The average molecular weight is 215 g/mol. The number of hydrogen-bond acceptors (Lipinski definition) is 2. The molecule has 0 bridgehead atoms. The Hall–Kier alpha value is -1.64. The molecular formula is C13H17N3. The van der Waals surface area contributed by atoms with E-state index in [-0.39, 0.29) is 0 Å². The number of nitrogens with zero attached hydrogens (tertiary/aromatic N) is 2. The van der Waals surface area contributed by atoms with E-state index in [1.165, 1.54) is 11.1 Å². The van der Waals surface area contributed by atoms with Gasteiger partial charge in [-0.15, -0.1) is 0 Å². The van der Waals surface area contributed by atoms with Crippen molar-refractivity contribution in [2.45, 2.75) is 33.6 Å². The molecule has 0 radical (unpaired) electrons. The van der Waals surface area contributed by atoms with E-state index < -0.39 is 0 Å². The van der Waals surface area contributed by atoms with E-state index in [0.717, 1.165) is 17.2 Å². The van der Waals surface area contributed by atoms with Gasteiger partial charge in [-0.3, -0.25) is 5.10 Å².